The summed E-state index contributed by atoms with van der Waals surface area (Å²) >= 11 is 5.70. The second kappa shape index (κ2) is 5.59. The number of hydrogen-bond donors (Lipinski definition) is 1. The summed E-state index contributed by atoms with van der Waals surface area (Å²) in [6.45, 7) is 0.686. The Kier molecular flexibility index (Phi) is 3.88. The van der Waals surface area contributed by atoms with Crippen LogP contribution in [0.15, 0.2) is 36.5 Å². The molecular weight excluding hydrogens is 241 g/mol. The highest BCUT2D eigenvalue weighted by Gasteiger charge is 1.97. The van der Waals surface area contributed by atoms with Crippen molar-refractivity contribution in [3.63, 3.8) is 0 Å². The summed E-state index contributed by atoms with van der Waals surface area (Å²) in [6.07, 6.45) is 2.33. The van der Waals surface area contributed by atoms with Crippen LogP contribution in [0.5, 0.6) is 0 Å². The summed E-state index contributed by atoms with van der Waals surface area (Å²) in [5, 5.41) is 10.9. The van der Waals surface area contributed by atoms with E-state index in [9.17, 15) is 4.39 Å². The third kappa shape index (κ3) is 3.67. The molecular formula is C12H11ClFN3. The minimum Gasteiger partial charge on any atom is -0.383 e. The van der Waals surface area contributed by atoms with Gasteiger partial charge >= 0.3 is 0 Å². The van der Waals surface area contributed by atoms with E-state index in [4.69, 9.17) is 11.6 Å². The molecule has 0 unspecified atom stereocenters. The topological polar surface area (TPSA) is 37.8 Å². The fraction of sp³-hybridized carbons (Fsp3) is 0.167. The van der Waals surface area contributed by atoms with Crippen molar-refractivity contribution in [2.24, 2.45) is 0 Å². The van der Waals surface area contributed by atoms with Crippen molar-refractivity contribution in [1.29, 1.82) is 0 Å². The summed E-state index contributed by atoms with van der Waals surface area (Å²) in [5.74, 6) is -0.212. The van der Waals surface area contributed by atoms with Crippen molar-refractivity contribution in [1.82, 2.24) is 10.2 Å². The van der Waals surface area contributed by atoms with Crippen LogP contribution in [-0.4, -0.2) is 16.7 Å². The second-order valence-electron chi connectivity index (χ2n) is 3.57. The molecule has 1 N–H and O–H groups in total. The highest BCUT2D eigenvalue weighted by molar-refractivity contribution is 6.29. The van der Waals surface area contributed by atoms with Gasteiger partial charge in [-0.2, -0.15) is 5.10 Å². The van der Waals surface area contributed by atoms with Gasteiger partial charge < -0.3 is 5.32 Å². The molecule has 1 heterocycles. The quantitative estimate of drug-likeness (QED) is 0.908. The fourth-order valence-electron chi connectivity index (χ4n) is 1.48. The van der Waals surface area contributed by atoms with Gasteiger partial charge in [0, 0.05) is 12.6 Å². The standard InChI is InChI=1S/C12H11ClFN3/c13-12-7-11(8-16-17-12)15-5-4-9-2-1-3-10(14)6-9/h1-3,6-8H,4-5H2,(H,15,17). The lowest BCUT2D eigenvalue weighted by atomic mass is 10.1. The van der Waals surface area contributed by atoms with E-state index in [1.54, 1.807) is 18.3 Å². The molecule has 0 fully saturated rings. The Hall–Kier alpha value is -1.68. The van der Waals surface area contributed by atoms with Gasteiger partial charge in [-0.05, 0) is 24.1 Å². The number of rotatable bonds is 4. The van der Waals surface area contributed by atoms with Crippen LogP contribution in [0.25, 0.3) is 0 Å². The SMILES string of the molecule is Fc1cccc(CCNc2cnnc(Cl)c2)c1. The third-order valence-electron chi connectivity index (χ3n) is 2.26. The molecule has 0 spiro atoms. The Morgan fingerprint density at radius 1 is 1.29 bits per heavy atom. The zero-order chi connectivity index (χ0) is 12.1. The van der Waals surface area contributed by atoms with Gasteiger partial charge in [-0.15, -0.1) is 5.10 Å². The largest absolute Gasteiger partial charge is 0.383 e. The van der Waals surface area contributed by atoms with E-state index in [0.717, 1.165) is 17.7 Å². The van der Waals surface area contributed by atoms with E-state index in [1.807, 2.05) is 6.07 Å². The molecule has 0 radical (unpaired) electrons. The van der Waals surface area contributed by atoms with Gasteiger partial charge in [-0.1, -0.05) is 23.7 Å². The molecule has 17 heavy (non-hydrogen) atoms. The number of hydrogen-bond acceptors (Lipinski definition) is 3. The molecule has 1 aromatic heterocycles. The van der Waals surface area contributed by atoms with Crippen molar-refractivity contribution < 1.29 is 4.39 Å². The molecule has 1 aromatic carbocycles. The molecule has 0 saturated carbocycles. The number of aromatic nitrogens is 2. The first-order valence-corrected chi connectivity index (χ1v) is 5.58. The molecule has 0 aliphatic rings. The van der Waals surface area contributed by atoms with Crippen molar-refractivity contribution >= 4 is 17.3 Å². The molecule has 0 bridgehead atoms. The van der Waals surface area contributed by atoms with Crippen molar-refractivity contribution in [2.75, 3.05) is 11.9 Å². The van der Waals surface area contributed by atoms with Crippen LogP contribution in [0, 0.1) is 5.82 Å². The molecule has 3 nitrogen and oxygen atoms in total. The van der Waals surface area contributed by atoms with Crippen LogP contribution in [0.3, 0.4) is 0 Å². The molecule has 88 valence electrons. The molecule has 2 rings (SSSR count). The number of benzene rings is 1. The first kappa shape index (κ1) is 11.8. The van der Waals surface area contributed by atoms with Gasteiger partial charge in [0.25, 0.3) is 0 Å². The first-order valence-electron chi connectivity index (χ1n) is 5.20. The van der Waals surface area contributed by atoms with Gasteiger partial charge in [-0.25, -0.2) is 4.39 Å². The maximum Gasteiger partial charge on any atom is 0.153 e. The zero-order valence-electron chi connectivity index (χ0n) is 9.03. The summed E-state index contributed by atoms with van der Waals surface area (Å²) in [7, 11) is 0. The Labute approximate surface area is 104 Å². The van der Waals surface area contributed by atoms with E-state index >= 15 is 0 Å². The molecule has 5 heteroatoms. The Bertz CT molecular complexity index is 459. The average Bonchev–Trinajstić information content (AvgIpc) is 2.29. The van der Waals surface area contributed by atoms with Gasteiger partial charge in [0.05, 0.1) is 11.9 Å². The van der Waals surface area contributed by atoms with E-state index < -0.39 is 0 Å². The van der Waals surface area contributed by atoms with E-state index in [1.165, 1.54) is 12.1 Å². The fourth-order valence-corrected chi connectivity index (χ4v) is 1.64. The maximum atomic E-state index is 12.9. The normalized spacial score (nSPS) is 10.2. The minimum atomic E-state index is -0.212. The van der Waals surface area contributed by atoms with E-state index in [2.05, 4.69) is 15.5 Å². The summed E-state index contributed by atoms with van der Waals surface area (Å²) in [5.41, 5.74) is 1.76. The van der Waals surface area contributed by atoms with Crippen LogP contribution in [0.4, 0.5) is 10.1 Å². The lowest BCUT2D eigenvalue weighted by Gasteiger charge is -2.05. The van der Waals surface area contributed by atoms with E-state index in [-0.39, 0.29) is 5.82 Å². The van der Waals surface area contributed by atoms with Crippen LogP contribution < -0.4 is 5.32 Å². The first-order chi connectivity index (χ1) is 8.24. The van der Waals surface area contributed by atoms with Crippen LogP contribution in [0.1, 0.15) is 5.56 Å². The summed E-state index contributed by atoms with van der Waals surface area (Å²) < 4.78 is 12.9. The minimum absolute atomic E-state index is 0.212. The smallest absolute Gasteiger partial charge is 0.153 e. The summed E-state index contributed by atoms with van der Waals surface area (Å²) in [6, 6.07) is 8.25. The molecule has 0 aliphatic carbocycles. The third-order valence-corrected chi connectivity index (χ3v) is 2.44. The number of nitrogens with zero attached hydrogens (tertiary/aromatic N) is 2. The van der Waals surface area contributed by atoms with Gasteiger partial charge in [0.1, 0.15) is 5.82 Å². The van der Waals surface area contributed by atoms with Crippen LogP contribution >= 0.6 is 11.6 Å². The Morgan fingerprint density at radius 3 is 2.94 bits per heavy atom. The van der Waals surface area contributed by atoms with Crippen LogP contribution in [0.2, 0.25) is 5.15 Å². The van der Waals surface area contributed by atoms with Gasteiger partial charge in [0.2, 0.25) is 0 Å². The maximum absolute atomic E-state index is 12.9. The van der Waals surface area contributed by atoms with Crippen molar-refractivity contribution in [3.05, 3.63) is 53.1 Å². The zero-order valence-corrected chi connectivity index (χ0v) is 9.78. The monoisotopic (exact) mass is 251 g/mol. The van der Waals surface area contributed by atoms with Crippen molar-refractivity contribution in [2.45, 2.75) is 6.42 Å². The second-order valence-corrected chi connectivity index (χ2v) is 3.96. The van der Waals surface area contributed by atoms with Gasteiger partial charge in [0.15, 0.2) is 5.15 Å². The van der Waals surface area contributed by atoms with Crippen LogP contribution in [-0.2, 0) is 6.42 Å². The number of anilines is 1. The molecule has 0 amide bonds. The van der Waals surface area contributed by atoms with Gasteiger partial charge in [-0.3, -0.25) is 0 Å². The predicted octanol–water partition coefficient (Wildman–Crippen LogP) is 2.92. The highest BCUT2D eigenvalue weighted by Crippen LogP contribution is 2.10. The average molecular weight is 252 g/mol. The van der Waals surface area contributed by atoms with E-state index in [0.29, 0.717) is 11.7 Å². The highest BCUT2D eigenvalue weighted by atomic mass is 35.5. The predicted molar refractivity (Wildman–Crippen MR) is 65.6 cm³/mol. The summed E-state index contributed by atoms with van der Waals surface area (Å²) in [4.78, 5) is 0. The molecule has 0 aliphatic heterocycles. The Morgan fingerprint density at radius 2 is 2.18 bits per heavy atom. The molecule has 2 aromatic rings. The molecule has 0 atom stereocenters. The van der Waals surface area contributed by atoms with Crippen molar-refractivity contribution in [3.8, 4) is 0 Å². The lowest BCUT2D eigenvalue weighted by Crippen LogP contribution is -2.05. The lowest BCUT2D eigenvalue weighted by molar-refractivity contribution is 0.625. The number of nitrogens with one attached hydrogen (secondary N) is 1. The molecule has 0 saturated heterocycles. The number of halogens is 2. The Balaban J connectivity index is 1.87.